The summed E-state index contributed by atoms with van der Waals surface area (Å²) < 4.78 is 16.7. The summed E-state index contributed by atoms with van der Waals surface area (Å²) in [5, 5.41) is 18.6. The van der Waals surface area contributed by atoms with E-state index >= 15 is 0 Å². The van der Waals surface area contributed by atoms with E-state index in [4.69, 9.17) is 4.98 Å². The highest BCUT2D eigenvalue weighted by Gasteiger charge is 2.40. The van der Waals surface area contributed by atoms with Gasteiger partial charge in [-0.2, -0.15) is 0 Å². The van der Waals surface area contributed by atoms with Gasteiger partial charge in [-0.15, -0.1) is 0 Å². The van der Waals surface area contributed by atoms with Gasteiger partial charge in [0.1, 0.15) is 5.82 Å². The van der Waals surface area contributed by atoms with Crippen LogP contribution in [-0.2, 0) is 29.8 Å². The normalized spacial score (nSPS) is 20.9. The van der Waals surface area contributed by atoms with Crippen molar-refractivity contribution < 1.29 is 14.3 Å². The topological polar surface area (TPSA) is 96.3 Å². The maximum atomic E-state index is 15.0. The van der Waals surface area contributed by atoms with Crippen molar-refractivity contribution in [3.8, 4) is 11.4 Å². The number of rotatable bonds is 7. The molecule has 0 saturated heterocycles. The SMILES string of the molecule is CCNCCCC(=O)N[C@H]1CCc2c(C)c(F)cc3nc4c(c1c23)Cn1c-4cc2c(c1=O)CC[C@]2(O)CC. The molecule has 0 radical (unpaired) electrons. The van der Waals surface area contributed by atoms with Crippen molar-refractivity contribution in [1.82, 2.24) is 20.2 Å². The Balaban J connectivity index is 1.50. The molecule has 7 nitrogen and oxygen atoms in total. The summed E-state index contributed by atoms with van der Waals surface area (Å²) in [7, 11) is 0. The van der Waals surface area contributed by atoms with Crippen LogP contribution in [0.25, 0.3) is 22.3 Å². The van der Waals surface area contributed by atoms with Gasteiger partial charge in [0.2, 0.25) is 5.91 Å². The van der Waals surface area contributed by atoms with Crippen molar-refractivity contribution in [1.29, 1.82) is 0 Å². The second kappa shape index (κ2) is 9.27. The molecule has 2 aliphatic carbocycles. The Morgan fingerprint density at radius 1 is 1.24 bits per heavy atom. The average molecular weight is 519 g/mol. The number of nitrogens with zero attached hydrogens (tertiary/aromatic N) is 2. The molecule has 8 heteroatoms. The van der Waals surface area contributed by atoms with Crippen LogP contribution in [0.3, 0.4) is 0 Å². The van der Waals surface area contributed by atoms with E-state index in [2.05, 4.69) is 10.6 Å². The van der Waals surface area contributed by atoms with Crippen LogP contribution in [0.1, 0.15) is 85.4 Å². The third-order valence-electron chi connectivity index (χ3n) is 8.95. The van der Waals surface area contributed by atoms with Gasteiger partial charge in [-0.25, -0.2) is 9.37 Å². The number of benzene rings is 1. The second-order valence-corrected chi connectivity index (χ2v) is 11.0. The number of aromatic nitrogens is 2. The zero-order valence-corrected chi connectivity index (χ0v) is 22.3. The van der Waals surface area contributed by atoms with E-state index in [0.29, 0.717) is 78.7 Å². The summed E-state index contributed by atoms with van der Waals surface area (Å²) in [5.74, 6) is -0.296. The number of hydrogen-bond acceptors (Lipinski definition) is 5. The molecule has 2 aromatic heterocycles. The minimum Gasteiger partial charge on any atom is -0.385 e. The third-order valence-corrected chi connectivity index (χ3v) is 8.95. The predicted molar refractivity (Wildman–Crippen MR) is 145 cm³/mol. The Hall–Kier alpha value is -3.10. The zero-order chi connectivity index (χ0) is 26.8. The smallest absolute Gasteiger partial charge is 0.254 e. The van der Waals surface area contributed by atoms with Gasteiger partial charge in [0, 0.05) is 29.0 Å². The number of carbonyl (C=O) groups is 1. The van der Waals surface area contributed by atoms with E-state index in [1.165, 1.54) is 6.07 Å². The number of aliphatic hydroxyl groups is 1. The van der Waals surface area contributed by atoms with Crippen LogP contribution in [-0.4, -0.2) is 33.7 Å². The van der Waals surface area contributed by atoms with Crippen LogP contribution in [0, 0.1) is 12.7 Å². The molecule has 0 saturated carbocycles. The minimum atomic E-state index is -1.02. The first-order valence-electron chi connectivity index (χ1n) is 13.9. The molecule has 0 fully saturated rings. The largest absolute Gasteiger partial charge is 0.385 e. The van der Waals surface area contributed by atoms with Crippen LogP contribution in [0.4, 0.5) is 4.39 Å². The minimum absolute atomic E-state index is 0.00596. The molecule has 0 bridgehead atoms. The summed E-state index contributed by atoms with van der Waals surface area (Å²) in [6, 6.07) is 3.17. The molecule has 6 rings (SSSR count). The molecular weight excluding hydrogens is 483 g/mol. The number of amides is 1. The lowest BCUT2D eigenvalue weighted by Crippen LogP contribution is -2.32. The van der Waals surface area contributed by atoms with E-state index in [1.54, 1.807) is 11.5 Å². The Morgan fingerprint density at radius 3 is 2.82 bits per heavy atom. The molecule has 200 valence electrons. The van der Waals surface area contributed by atoms with Gasteiger partial charge in [-0.05, 0) is 86.9 Å². The summed E-state index contributed by atoms with van der Waals surface area (Å²) in [6.45, 7) is 7.80. The van der Waals surface area contributed by atoms with Gasteiger partial charge < -0.3 is 20.3 Å². The molecule has 0 unspecified atom stereocenters. The van der Waals surface area contributed by atoms with Crippen molar-refractivity contribution in [2.75, 3.05) is 13.1 Å². The van der Waals surface area contributed by atoms with Crippen molar-refractivity contribution in [2.45, 2.75) is 83.9 Å². The average Bonchev–Trinajstić information content (AvgIpc) is 3.44. The zero-order valence-electron chi connectivity index (χ0n) is 22.3. The van der Waals surface area contributed by atoms with E-state index in [1.807, 2.05) is 19.9 Å². The van der Waals surface area contributed by atoms with Gasteiger partial charge in [0.25, 0.3) is 5.56 Å². The number of nitrogens with one attached hydrogen (secondary N) is 2. The lowest BCUT2D eigenvalue weighted by molar-refractivity contribution is -0.122. The highest BCUT2D eigenvalue weighted by Crippen LogP contribution is 2.46. The van der Waals surface area contributed by atoms with Gasteiger partial charge in [0.15, 0.2) is 0 Å². The number of aryl methyl sites for hydroxylation is 1. The Kier molecular flexibility index (Phi) is 6.15. The Morgan fingerprint density at radius 2 is 2.05 bits per heavy atom. The van der Waals surface area contributed by atoms with Gasteiger partial charge in [-0.1, -0.05) is 13.8 Å². The summed E-state index contributed by atoms with van der Waals surface area (Å²) in [6.07, 6.45) is 4.12. The summed E-state index contributed by atoms with van der Waals surface area (Å²) in [5.41, 5.74) is 5.58. The third kappa shape index (κ3) is 3.72. The number of fused-ring (bicyclic) bond motifs is 5. The standard InChI is InChI=1S/C30H35FN4O3/c1-4-30(38)11-10-18-20(30)13-24-28-19(15-35(24)29(18)37)27-22(33-25(36)7-6-12-32-5-2)9-8-17-16(3)21(31)14-23(34-28)26(17)27/h13-14,22,32,38H,4-12,15H2,1-3H3,(H,33,36)/t22-,30+/m0/s1. The molecule has 38 heavy (non-hydrogen) atoms. The molecule has 1 aromatic carbocycles. The predicted octanol–water partition coefficient (Wildman–Crippen LogP) is 3.91. The maximum absolute atomic E-state index is 15.0. The molecule has 3 aromatic rings. The van der Waals surface area contributed by atoms with Crippen LogP contribution < -0.4 is 16.2 Å². The first kappa shape index (κ1) is 25.2. The summed E-state index contributed by atoms with van der Waals surface area (Å²) >= 11 is 0. The van der Waals surface area contributed by atoms with Crippen molar-refractivity contribution in [2.24, 2.45) is 0 Å². The second-order valence-electron chi connectivity index (χ2n) is 11.0. The van der Waals surface area contributed by atoms with E-state index in [0.717, 1.165) is 41.6 Å². The number of pyridine rings is 2. The van der Waals surface area contributed by atoms with Crippen LogP contribution in [0.5, 0.6) is 0 Å². The molecule has 3 aliphatic rings. The Labute approximate surface area is 221 Å². The lowest BCUT2D eigenvalue weighted by Gasteiger charge is -2.30. The van der Waals surface area contributed by atoms with Crippen LogP contribution in [0.15, 0.2) is 16.9 Å². The molecule has 3 heterocycles. The highest BCUT2D eigenvalue weighted by atomic mass is 19.1. The molecular formula is C30H35FN4O3. The lowest BCUT2D eigenvalue weighted by atomic mass is 9.81. The number of carbonyl (C=O) groups excluding carboxylic acids is 1. The fourth-order valence-electron chi connectivity index (χ4n) is 6.80. The van der Waals surface area contributed by atoms with Crippen molar-refractivity contribution in [3.05, 3.63) is 61.7 Å². The molecule has 3 N–H and O–H groups in total. The van der Waals surface area contributed by atoms with Crippen LogP contribution in [0.2, 0.25) is 0 Å². The molecule has 2 atom stereocenters. The monoisotopic (exact) mass is 518 g/mol. The first-order chi connectivity index (χ1) is 18.3. The maximum Gasteiger partial charge on any atom is 0.254 e. The summed E-state index contributed by atoms with van der Waals surface area (Å²) in [4.78, 5) is 31.5. The Bertz CT molecular complexity index is 1550. The van der Waals surface area contributed by atoms with Gasteiger partial charge >= 0.3 is 0 Å². The fourth-order valence-corrected chi connectivity index (χ4v) is 6.80. The van der Waals surface area contributed by atoms with Gasteiger partial charge in [0.05, 0.1) is 35.1 Å². The van der Waals surface area contributed by atoms with Crippen LogP contribution >= 0.6 is 0 Å². The fraction of sp³-hybridized carbons (Fsp3) is 0.500. The highest BCUT2D eigenvalue weighted by molar-refractivity contribution is 5.93. The van der Waals surface area contributed by atoms with E-state index in [9.17, 15) is 19.1 Å². The van der Waals surface area contributed by atoms with Gasteiger partial charge in [-0.3, -0.25) is 9.59 Å². The van der Waals surface area contributed by atoms with Crippen molar-refractivity contribution >= 4 is 16.8 Å². The molecule has 1 aliphatic heterocycles. The number of hydrogen-bond donors (Lipinski definition) is 3. The van der Waals surface area contributed by atoms with E-state index < -0.39 is 5.60 Å². The van der Waals surface area contributed by atoms with Crippen molar-refractivity contribution in [3.63, 3.8) is 0 Å². The first-order valence-corrected chi connectivity index (χ1v) is 13.9. The number of halogens is 1. The molecule has 0 spiro atoms. The quantitative estimate of drug-likeness (QED) is 0.323. The molecule has 1 amide bonds. The van der Waals surface area contributed by atoms with E-state index in [-0.39, 0.29) is 23.3 Å².